The van der Waals surface area contributed by atoms with Gasteiger partial charge in [0.15, 0.2) is 0 Å². The summed E-state index contributed by atoms with van der Waals surface area (Å²) >= 11 is 0. The van der Waals surface area contributed by atoms with Crippen molar-refractivity contribution in [2.24, 2.45) is 0 Å². The Labute approximate surface area is 170 Å². The van der Waals surface area contributed by atoms with E-state index < -0.39 is 0 Å². The van der Waals surface area contributed by atoms with E-state index in [2.05, 4.69) is 61.2 Å². The first-order valence-electron chi connectivity index (χ1n) is 9.69. The van der Waals surface area contributed by atoms with Gasteiger partial charge in [0.05, 0.1) is 0 Å². The molecule has 28 heavy (non-hydrogen) atoms. The molecule has 0 nitrogen and oxygen atoms in total. The molecule has 0 aromatic heterocycles. The Morgan fingerprint density at radius 3 is 1.32 bits per heavy atom. The summed E-state index contributed by atoms with van der Waals surface area (Å²) < 4.78 is 0. The summed E-state index contributed by atoms with van der Waals surface area (Å²) in [6, 6.07) is 19.8. The van der Waals surface area contributed by atoms with E-state index in [0.29, 0.717) is 0 Å². The van der Waals surface area contributed by atoms with Crippen LogP contribution in [0.2, 0.25) is 0 Å². The van der Waals surface area contributed by atoms with Crippen molar-refractivity contribution in [3.8, 4) is 47.4 Å². The van der Waals surface area contributed by atoms with Crippen LogP contribution in [0.1, 0.15) is 50.7 Å². The molecule has 0 saturated heterocycles. The molecule has 0 spiro atoms. The van der Waals surface area contributed by atoms with Crippen molar-refractivity contribution in [3.63, 3.8) is 0 Å². The van der Waals surface area contributed by atoms with Gasteiger partial charge in [0.2, 0.25) is 0 Å². The van der Waals surface area contributed by atoms with Gasteiger partial charge in [0.25, 0.3) is 0 Å². The van der Waals surface area contributed by atoms with Gasteiger partial charge in [-0.2, -0.15) is 0 Å². The van der Waals surface area contributed by atoms with Crippen molar-refractivity contribution in [3.05, 3.63) is 82.9 Å². The summed E-state index contributed by atoms with van der Waals surface area (Å²) in [6.45, 7) is 4.31. The average molecular weight is 361 g/mol. The molecule has 0 N–H and O–H groups in total. The molecule has 0 aliphatic heterocycles. The van der Waals surface area contributed by atoms with E-state index in [0.717, 1.165) is 48.0 Å². The zero-order chi connectivity index (χ0) is 19.9. The zero-order valence-electron chi connectivity index (χ0n) is 16.6. The van der Waals surface area contributed by atoms with Crippen LogP contribution in [0.5, 0.6) is 0 Å². The Kier molecular flexibility index (Phi) is 9.42. The molecule has 2 aromatic rings. The van der Waals surface area contributed by atoms with Crippen molar-refractivity contribution >= 4 is 0 Å². The third-order valence-corrected chi connectivity index (χ3v) is 3.88. The fourth-order valence-electron chi connectivity index (χ4n) is 2.54. The molecule has 0 aliphatic rings. The van der Waals surface area contributed by atoms with Crippen LogP contribution in [0.4, 0.5) is 0 Å². The highest BCUT2D eigenvalue weighted by Crippen LogP contribution is 2.15. The average Bonchev–Trinajstić information content (AvgIpc) is 2.74. The van der Waals surface area contributed by atoms with Crippen LogP contribution in [-0.2, 0) is 0 Å². The molecular formula is C28H24. The van der Waals surface area contributed by atoms with Gasteiger partial charge in [0.1, 0.15) is 0 Å². The standard InChI is InChI=1S/C28H24/c1-3-15-27(23-13-11-21-25-17-7-5-8-18-25)28(16-4-2)24-14-12-22-26-19-9-6-10-20-26/h5-10,17-20H,3-4,15-16H2,1-2H3/b28-27+. The van der Waals surface area contributed by atoms with E-state index in [1.807, 2.05) is 60.7 Å². The Balaban J connectivity index is 2.24. The Bertz CT molecular complexity index is 935. The van der Waals surface area contributed by atoms with Gasteiger partial charge in [0, 0.05) is 22.3 Å². The molecule has 0 heterocycles. The Morgan fingerprint density at radius 1 is 0.571 bits per heavy atom. The number of benzene rings is 2. The lowest BCUT2D eigenvalue weighted by molar-refractivity contribution is 0.880. The van der Waals surface area contributed by atoms with Gasteiger partial charge in [-0.1, -0.05) is 86.8 Å². The predicted octanol–water partition coefficient (Wildman–Crippen LogP) is 5.99. The molecular weight excluding hydrogens is 336 g/mol. The van der Waals surface area contributed by atoms with E-state index in [1.165, 1.54) is 0 Å². The summed E-state index contributed by atoms with van der Waals surface area (Å²) in [5.41, 5.74) is 4.12. The van der Waals surface area contributed by atoms with Crippen molar-refractivity contribution in [2.75, 3.05) is 0 Å². The fourth-order valence-corrected chi connectivity index (χ4v) is 2.54. The van der Waals surface area contributed by atoms with Gasteiger partial charge >= 0.3 is 0 Å². The number of allylic oxidation sites excluding steroid dienone is 2. The fraction of sp³-hybridized carbons (Fsp3) is 0.214. The summed E-state index contributed by atoms with van der Waals surface area (Å²) in [7, 11) is 0. The van der Waals surface area contributed by atoms with Crippen molar-refractivity contribution in [2.45, 2.75) is 39.5 Å². The molecule has 0 amide bonds. The quantitative estimate of drug-likeness (QED) is 0.587. The highest BCUT2D eigenvalue weighted by atomic mass is 14.0. The molecule has 2 aromatic carbocycles. The number of hydrogen-bond acceptors (Lipinski definition) is 0. The predicted molar refractivity (Wildman–Crippen MR) is 119 cm³/mol. The first-order chi connectivity index (χ1) is 13.8. The third kappa shape index (κ3) is 7.76. The van der Waals surface area contributed by atoms with Gasteiger partial charge in [-0.05, 0) is 60.8 Å². The van der Waals surface area contributed by atoms with Gasteiger partial charge in [-0.3, -0.25) is 0 Å². The molecule has 0 aliphatic carbocycles. The molecule has 0 radical (unpaired) electrons. The van der Waals surface area contributed by atoms with E-state index >= 15 is 0 Å². The van der Waals surface area contributed by atoms with E-state index in [4.69, 9.17) is 0 Å². The maximum atomic E-state index is 3.24. The first-order valence-corrected chi connectivity index (χ1v) is 9.69. The minimum atomic E-state index is 0.913. The second kappa shape index (κ2) is 12.7. The van der Waals surface area contributed by atoms with Gasteiger partial charge in [-0.15, -0.1) is 0 Å². The van der Waals surface area contributed by atoms with Crippen LogP contribution in [0.25, 0.3) is 0 Å². The van der Waals surface area contributed by atoms with Crippen LogP contribution < -0.4 is 0 Å². The van der Waals surface area contributed by atoms with Gasteiger partial charge in [-0.25, -0.2) is 0 Å². The second-order valence-electron chi connectivity index (χ2n) is 6.19. The Hall–Kier alpha value is -3.58. The Morgan fingerprint density at radius 2 is 0.964 bits per heavy atom. The van der Waals surface area contributed by atoms with Crippen LogP contribution >= 0.6 is 0 Å². The normalized spacial score (nSPS) is 9.79. The molecule has 136 valence electrons. The molecule has 2 rings (SSSR count). The van der Waals surface area contributed by atoms with Crippen LogP contribution in [0.15, 0.2) is 71.8 Å². The van der Waals surface area contributed by atoms with Crippen molar-refractivity contribution in [1.82, 2.24) is 0 Å². The minimum absolute atomic E-state index is 0.913. The van der Waals surface area contributed by atoms with Crippen molar-refractivity contribution in [1.29, 1.82) is 0 Å². The third-order valence-electron chi connectivity index (χ3n) is 3.88. The zero-order valence-corrected chi connectivity index (χ0v) is 16.6. The smallest absolute Gasteiger partial charge is 0.0255 e. The molecule has 0 unspecified atom stereocenters. The molecule has 0 atom stereocenters. The summed E-state index contributed by atoms with van der Waals surface area (Å²) in [5, 5.41) is 0. The molecule has 0 fully saturated rings. The number of hydrogen-bond donors (Lipinski definition) is 0. The minimum Gasteiger partial charge on any atom is -0.0650 e. The lowest BCUT2D eigenvalue weighted by Gasteiger charge is -2.02. The molecule has 0 heteroatoms. The van der Waals surface area contributed by atoms with E-state index in [1.54, 1.807) is 0 Å². The van der Waals surface area contributed by atoms with Gasteiger partial charge < -0.3 is 0 Å². The summed E-state index contributed by atoms with van der Waals surface area (Å²) in [5.74, 6) is 24.5. The van der Waals surface area contributed by atoms with E-state index in [-0.39, 0.29) is 0 Å². The van der Waals surface area contributed by atoms with Crippen LogP contribution in [-0.4, -0.2) is 0 Å². The SMILES string of the molecule is CCC/C(C#CC#Cc1ccccc1)=C(\C#CC#Cc1ccccc1)CCC. The summed E-state index contributed by atoms with van der Waals surface area (Å²) in [6.07, 6.45) is 3.88. The highest BCUT2D eigenvalue weighted by molar-refractivity contribution is 5.50. The van der Waals surface area contributed by atoms with Crippen molar-refractivity contribution < 1.29 is 0 Å². The topological polar surface area (TPSA) is 0 Å². The molecule has 0 bridgehead atoms. The second-order valence-corrected chi connectivity index (χ2v) is 6.19. The lowest BCUT2D eigenvalue weighted by Crippen LogP contribution is -1.89. The van der Waals surface area contributed by atoms with Crippen LogP contribution in [0.3, 0.4) is 0 Å². The monoisotopic (exact) mass is 360 g/mol. The summed E-state index contributed by atoms with van der Waals surface area (Å²) in [4.78, 5) is 0. The van der Waals surface area contributed by atoms with Crippen LogP contribution in [0, 0.1) is 47.4 Å². The van der Waals surface area contributed by atoms with E-state index in [9.17, 15) is 0 Å². The maximum absolute atomic E-state index is 3.24. The highest BCUT2D eigenvalue weighted by Gasteiger charge is 2.01. The lowest BCUT2D eigenvalue weighted by atomic mass is 10.0. The largest absolute Gasteiger partial charge is 0.0650 e. The first kappa shape index (κ1) is 20.7. The number of rotatable bonds is 4. The maximum Gasteiger partial charge on any atom is 0.0255 e. The molecule has 0 saturated carbocycles.